The molecule has 8 nitrogen and oxygen atoms in total. The molecule has 0 unspecified atom stereocenters. The topological polar surface area (TPSA) is 105 Å². The van der Waals surface area contributed by atoms with Crippen molar-refractivity contribution in [2.45, 2.75) is 0 Å². The molecule has 0 saturated carbocycles. The van der Waals surface area contributed by atoms with Crippen molar-refractivity contribution in [3.05, 3.63) is 45.7 Å². The monoisotopic (exact) mass is 427 g/mol. The number of halogens is 1. The van der Waals surface area contributed by atoms with Gasteiger partial charge in [-0.25, -0.2) is 4.98 Å². The molecule has 9 heteroatoms. The minimum atomic E-state index is -0.435. The Morgan fingerprint density at radius 3 is 2.78 bits per heavy atom. The summed E-state index contributed by atoms with van der Waals surface area (Å²) in [5, 5.41) is 2.54. The van der Waals surface area contributed by atoms with E-state index in [1.165, 1.54) is 13.3 Å². The molecule has 0 aliphatic rings. The highest BCUT2D eigenvalue weighted by Gasteiger charge is 2.10. The minimum Gasteiger partial charge on any atom is -0.481 e. The Bertz CT molecular complexity index is 710. The number of carbonyl (C=O) groups is 2. The van der Waals surface area contributed by atoms with Crippen LogP contribution in [-0.2, 0) is 4.79 Å². The first kappa shape index (κ1) is 16.9. The zero-order chi connectivity index (χ0) is 16.7. The van der Waals surface area contributed by atoms with E-state index < -0.39 is 5.91 Å². The molecule has 23 heavy (non-hydrogen) atoms. The highest BCUT2D eigenvalue weighted by atomic mass is 127. The summed E-state index contributed by atoms with van der Waals surface area (Å²) in [7, 11) is 1.48. The average molecular weight is 427 g/mol. The number of nitrogens with zero attached hydrogens (tertiary/aromatic N) is 2. The van der Waals surface area contributed by atoms with E-state index in [0.29, 0.717) is 11.4 Å². The molecule has 0 bridgehead atoms. The third-order valence-corrected chi connectivity index (χ3v) is 3.62. The maximum Gasteiger partial charge on any atom is 0.257 e. The summed E-state index contributed by atoms with van der Waals surface area (Å²) in [5.74, 6) is -0.205. The van der Waals surface area contributed by atoms with Gasteiger partial charge < -0.3 is 10.1 Å². The van der Waals surface area contributed by atoms with Gasteiger partial charge in [0.25, 0.3) is 11.8 Å². The van der Waals surface area contributed by atoms with Crippen molar-refractivity contribution in [2.75, 3.05) is 19.1 Å². The van der Waals surface area contributed by atoms with E-state index >= 15 is 0 Å². The lowest BCUT2D eigenvalue weighted by atomic mass is 10.2. The number of anilines is 1. The van der Waals surface area contributed by atoms with Crippen LogP contribution in [0.25, 0.3) is 0 Å². The normalized spacial score (nSPS) is 9.83. The number of benzene rings is 1. The van der Waals surface area contributed by atoms with Gasteiger partial charge in [-0.3, -0.25) is 20.4 Å². The Morgan fingerprint density at radius 2 is 2.04 bits per heavy atom. The van der Waals surface area contributed by atoms with E-state index in [0.717, 1.165) is 3.57 Å². The number of hydrogen-bond donors (Lipinski definition) is 3. The highest BCUT2D eigenvalue weighted by Crippen LogP contribution is 2.10. The van der Waals surface area contributed by atoms with Crippen molar-refractivity contribution in [3.63, 3.8) is 0 Å². The molecule has 0 aliphatic heterocycles. The second-order valence-corrected chi connectivity index (χ2v) is 5.42. The Balaban J connectivity index is 1.81. The quantitative estimate of drug-likeness (QED) is 0.469. The highest BCUT2D eigenvalue weighted by molar-refractivity contribution is 14.1. The Hall–Kier alpha value is -2.43. The van der Waals surface area contributed by atoms with Crippen LogP contribution < -0.4 is 20.9 Å². The minimum absolute atomic E-state index is 0.180. The maximum atomic E-state index is 12.0. The summed E-state index contributed by atoms with van der Waals surface area (Å²) in [6, 6.07) is 8.69. The van der Waals surface area contributed by atoms with E-state index in [9.17, 15) is 9.59 Å². The predicted molar refractivity (Wildman–Crippen MR) is 91.8 cm³/mol. The molecule has 3 N–H and O–H groups in total. The zero-order valence-electron chi connectivity index (χ0n) is 12.2. The van der Waals surface area contributed by atoms with E-state index in [4.69, 9.17) is 4.74 Å². The van der Waals surface area contributed by atoms with Crippen LogP contribution in [0.2, 0.25) is 0 Å². The molecule has 0 fully saturated rings. The smallest absolute Gasteiger partial charge is 0.257 e. The fourth-order valence-electron chi connectivity index (χ4n) is 1.59. The number of hydrazine groups is 1. The number of methoxy groups -OCH3 is 1. The molecule has 1 heterocycles. The van der Waals surface area contributed by atoms with Gasteiger partial charge in [0.05, 0.1) is 19.2 Å². The van der Waals surface area contributed by atoms with E-state index in [-0.39, 0.29) is 18.4 Å². The summed E-state index contributed by atoms with van der Waals surface area (Å²) < 4.78 is 5.75. The van der Waals surface area contributed by atoms with Crippen LogP contribution >= 0.6 is 22.6 Å². The summed E-state index contributed by atoms with van der Waals surface area (Å²) >= 11 is 2.06. The number of ether oxygens (including phenoxy) is 1. The molecule has 0 atom stereocenters. The van der Waals surface area contributed by atoms with Gasteiger partial charge in [-0.1, -0.05) is 12.1 Å². The van der Waals surface area contributed by atoms with Crippen LogP contribution in [0.3, 0.4) is 0 Å². The number of rotatable bonds is 6. The van der Waals surface area contributed by atoms with Crippen molar-refractivity contribution in [2.24, 2.45) is 0 Å². The van der Waals surface area contributed by atoms with Gasteiger partial charge in [0, 0.05) is 15.8 Å². The fraction of sp³-hybridized carbons (Fsp3) is 0.143. The third kappa shape index (κ3) is 5.06. The van der Waals surface area contributed by atoms with Crippen LogP contribution in [0.5, 0.6) is 5.88 Å². The van der Waals surface area contributed by atoms with Crippen molar-refractivity contribution >= 4 is 40.4 Å². The number of aromatic nitrogens is 2. The number of hydrogen-bond acceptors (Lipinski definition) is 6. The van der Waals surface area contributed by atoms with E-state index in [1.807, 2.05) is 12.1 Å². The molecule has 2 rings (SSSR count). The number of carbonyl (C=O) groups excluding carboxylic acids is 2. The van der Waals surface area contributed by atoms with Gasteiger partial charge in [-0.05, 0) is 34.7 Å². The summed E-state index contributed by atoms with van der Waals surface area (Å²) in [4.78, 5) is 31.6. The number of amides is 2. The molecule has 2 amide bonds. The van der Waals surface area contributed by atoms with Crippen molar-refractivity contribution in [1.82, 2.24) is 20.7 Å². The molecule has 0 aliphatic carbocycles. The zero-order valence-corrected chi connectivity index (χ0v) is 14.3. The van der Waals surface area contributed by atoms with Gasteiger partial charge in [-0.15, -0.1) is 0 Å². The van der Waals surface area contributed by atoms with Crippen LogP contribution in [0.15, 0.2) is 36.5 Å². The largest absolute Gasteiger partial charge is 0.481 e. The predicted octanol–water partition coefficient (Wildman–Crippen LogP) is 0.963. The molecule has 2 aromatic rings. The van der Waals surface area contributed by atoms with Crippen molar-refractivity contribution in [3.8, 4) is 5.88 Å². The standard InChI is InChI=1S/C14H14IN5O3/c1-23-12-6-7-16-14(18-12)20-19-11(21)8-17-13(22)9-4-2-3-5-10(9)15/h2-7H,8H2,1H3,(H,17,22)(H,19,21)(H,16,18,20). The first-order chi connectivity index (χ1) is 11.1. The van der Waals surface area contributed by atoms with Crippen molar-refractivity contribution in [1.29, 1.82) is 0 Å². The lowest BCUT2D eigenvalue weighted by Crippen LogP contribution is -2.40. The lowest BCUT2D eigenvalue weighted by Gasteiger charge is -2.09. The Labute approximate surface area is 146 Å². The maximum absolute atomic E-state index is 12.0. The fourth-order valence-corrected chi connectivity index (χ4v) is 2.22. The molecular weight excluding hydrogens is 413 g/mol. The Kier molecular flexibility index (Phi) is 6.09. The average Bonchev–Trinajstić information content (AvgIpc) is 2.58. The molecule has 120 valence electrons. The first-order valence-electron chi connectivity index (χ1n) is 6.55. The summed E-state index contributed by atoms with van der Waals surface area (Å²) in [5.41, 5.74) is 5.44. The van der Waals surface area contributed by atoms with Crippen LogP contribution in [-0.4, -0.2) is 35.4 Å². The number of nitrogens with one attached hydrogen (secondary N) is 3. The third-order valence-electron chi connectivity index (χ3n) is 2.68. The van der Waals surface area contributed by atoms with E-state index in [1.54, 1.807) is 18.2 Å². The molecule has 0 radical (unpaired) electrons. The second kappa shape index (κ2) is 8.27. The van der Waals surface area contributed by atoms with Gasteiger partial charge in [0.1, 0.15) is 0 Å². The Morgan fingerprint density at radius 1 is 1.26 bits per heavy atom. The van der Waals surface area contributed by atoms with Gasteiger partial charge in [0.15, 0.2) is 0 Å². The second-order valence-electron chi connectivity index (χ2n) is 4.26. The molecule has 1 aromatic heterocycles. The van der Waals surface area contributed by atoms with E-state index in [2.05, 4.69) is 48.7 Å². The van der Waals surface area contributed by atoms with Gasteiger partial charge in [0.2, 0.25) is 11.8 Å². The SMILES string of the molecule is COc1ccnc(NNC(=O)CNC(=O)c2ccccc2I)n1. The molecule has 1 aromatic carbocycles. The van der Waals surface area contributed by atoms with Gasteiger partial charge >= 0.3 is 0 Å². The summed E-state index contributed by atoms with van der Waals surface area (Å²) in [6.45, 7) is -0.180. The first-order valence-corrected chi connectivity index (χ1v) is 7.62. The van der Waals surface area contributed by atoms with Crippen LogP contribution in [0, 0.1) is 3.57 Å². The summed E-state index contributed by atoms with van der Waals surface area (Å²) in [6.07, 6.45) is 1.49. The van der Waals surface area contributed by atoms with Crippen LogP contribution in [0.1, 0.15) is 10.4 Å². The molecular formula is C14H14IN5O3. The van der Waals surface area contributed by atoms with Crippen LogP contribution in [0.4, 0.5) is 5.95 Å². The molecule has 0 spiro atoms. The molecule has 0 saturated heterocycles. The van der Waals surface area contributed by atoms with Gasteiger partial charge in [-0.2, -0.15) is 4.98 Å². The van der Waals surface area contributed by atoms with Crippen molar-refractivity contribution < 1.29 is 14.3 Å². The lowest BCUT2D eigenvalue weighted by molar-refractivity contribution is -0.119.